The van der Waals surface area contributed by atoms with Crippen LogP contribution >= 0.6 is 0 Å². The van der Waals surface area contributed by atoms with E-state index >= 15 is 0 Å². The molecule has 2 aromatic carbocycles. The quantitative estimate of drug-likeness (QED) is 0.613. The molecule has 1 aliphatic heterocycles. The molecule has 4 nitrogen and oxygen atoms in total. The number of Topliss-reactive ketones (excluding diaryl/α,β-unsaturated/α-hetero) is 1. The van der Waals surface area contributed by atoms with E-state index in [1.807, 2.05) is 48.5 Å². The summed E-state index contributed by atoms with van der Waals surface area (Å²) in [4.78, 5) is 25.4. The van der Waals surface area contributed by atoms with Crippen molar-refractivity contribution in [3.63, 3.8) is 0 Å². The van der Waals surface area contributed by atoms with Crippen LogP contribution in [-0.2, 0) is 14.3 Å². The molecule has 4 heteroatoms. The zero-order valence-corrected chi connectivity index (χ0v) is 14.9. The first-order valence-corrected chi connectivity index (χ1v) is 9.14. The average molecular weight is 350 g/mol. The minimum Gasteiger partial charge on any atom is -0.497 e. The number of ether oxygens (including phenoxy) is 2. The van der Waals surface area contributed by atoms with Crippen molar-refractivity contribution in [3.8, 4) is 16.9 Å². The predicted molar refractivity (Wildman–Crippen MR) is 98.1 cm³/mol. The molecule has 1 heterocycles. The fourth-order valence-electron chi connectivity index (χ4n) is 4.10. The van der Waals surface area contributed by atoms with Crippen molar-refractivity contribution in [2.24, 2.45) is 0 Å². The molecular weight excluding hydrogens is 328 g/mol. The third-order valence-electron chi connectivity index (χ3n) is 5.55. The molecule has 4 rings (SSSR count). The number of rotatable bonds is 3. The van der Waals surface area contributed by atoms with E-state index in [9.17, 15) is 9.59 Å². The summed E-state index contributed by atoms with van der Waals surface area (Å²) in [5.74, 6) is -0.449. The SMILES string of the molecule is COc1cccc(-c2ccc(C3C(=O)OC4(CCCCC4)C3=O)cc2)c1. The Labute approximate surface area is 153 Å². The van der Waals surface area contributed by atoms with Gasteiger partial charge in [-0.1, -0.05) is 42.8 Å². The minimum atomic E-state index is -0.870. The fourth-order valence-corrected chi connectivity index (χ4v) is 4.10. The van der Waals surface area contributed by atoms with Crippen molar-refractivity contribution in [2.45, 2.75) is 43.6 Å². The van der Waals surface area contributed by atoms with Crippen molar-refractivity contribution in [1.82, 2.24) is 0 Å². The summed E-state index contributed by atoms with van der Waals surface area (Å²) in [5, 5.41) is 0. The topological polar surface area (TPSA) is 52.6 Å². The Hall–Kier alpha value is -2.62. The van der Waals surface area contributed by atoms with E-state index in [1.165, 1.54) is 0 Å². The molecule has 1 spiro atoms. The molecule has 1 aliphatic carbocycles. The van der Waals surface area contributed by atoms with Crippen LogP contribution in [0.15, 0.2) is 48.5 Å². The van der Waals surface area contributed by atoms with E-state index in [0.29, 0.717) is 18.4 Å². The second-order valence-electron chi connectivity index (χ2n) is 7.13. The third kappa shape index (κ3) is 2.79. The molecular formula is C22H22O4. The fraction of sp³-hybridized carbons (Fsp3) is 0.364. The Morgan fingerprint density at radius 1 is 0.962 bits per heavy atom. The third-order valence-corrected chi connectivity index (χ3v) is 5.55. The second-order valence-corrected chi connectivity index (χ2v) is 7.13. The molecule has 1 atom stereocenters. The number of benzene rings is 2. The Morgan fingerprint density at radius 3 is 2.38 bits per heavy atom. The lowest BCUT2D eigenvalue weighted by atomic mass is 9.78. The summed E-state index contributed by atoms with van der Waals surface area (Å²) in [6.07, 6.45) is 4.32. The van der Waals surface area contributed by atoms with Gasteiger partial charge in [-0.25, -0.2) is 0 Å². The molecule has 0 aromatic heterocycles. The lowest BCUT2D eigenvalue weighted by Crippen LogP contribution is -2.39. The predicted octanol–water partition coefficient (Wildman–Crippen LogP) is 4.27. The van der Waals surface area contributed by atoms with Crippen LogP contribution in [-0.4, -0.2) is 24.5 Å². The molecule has 0 N–H and O–H groups in total. The van der Waals surface area contributed by atoms with Gasteiger partial charge in [0, 0.05) is 0 Å². The highest BCUT2D eigenvalue weighted by Crippen LogP contribution is 2.43. The highest BCUT2D eigenvalue weighted by molar-refractivity contribution is 6.13. The maximum atomic E-state index is 13.0. The van der Waals surface area contributed by atoms with E-state index in [2.05, 4.69) is 0 Å². The standard InChI is InChI=1S/C22H22O4/c1-25-18-7-5-6-17(14-18)15-8-10-16(11-9-15)19-20(23)22(26-21(19)24)12-3-2-4-13-22/h5-11,14,19H,2-4,12-13H2,1H3. The first-order valence-electron chi connectivity index (χ1n) is 9.14. The second kappa shape index (κ2) is 6.60. The van der Waals surface area contributed by atoms with Gasteiger partial charge in [0.05, 0.1) is 7.11 Å². The van der Waals surface area contributed by atoms with Gasteiger partial charge in [0.25, 0.3) is 0 Å². The first-order chi connectivity index (χ1) is 12.6. The lowest BCUT2D eigenvalue weighted by Gasteiger charge is -2.29. The number of hydrogen-bond acceptors (Lipinski definition) is 4. The van der Waals surface area contributed by atoms with Gasteiger partial charge in [0.2, 0.25) is 0 Å². The zero-order valence-electron chi connectivity index (χ0n) is 14.9. The van der Waals surface area contributed by atoms with Crippen LogP contribution in [0.4, 0.5) is 0 Å². The van der Waals surface area contributed by atoms with Crippen molar-refractivity contribution in [2.75, 3.05) is 7.11 Å². The van der Waals surface area contributed by atoms with E-state index in [4.69, 9.17) is 9.47 Å². The van der Waals surface area contributed by atoms with Crippen LogP contribution in [0, 0.1) is 0 Å². The van der Waals surface area contributed by atoms with Gasteiger partial charge in [-0.05, 0) is 54.5 Å². The normalized spacial score (nSPS) is 21.7. The molecule has 26 heavy (non-hydrogen) atoms. The number of carbonyl (C=O) groups is 2. The molecule has 1 saturated heterocycles. The molecule has 0 amide bonds. The molecule has 2 aromatic rings. The minimum absolute atomic E-state index is 0.0590. The van der Waals surface area contributed by atoms with Gasteiger partial charge < -0.3 is 9.47 Å². The largest absolute Gasteiger partial charge is 0.497 e. The molecule has 1 unspecified atom stereocenters. The Balaban J connectivity index is 1.60. The van der Waals surface area contributed by atoms with E-state index in [0.717, 1.165) is 36.1 Å². The summed E-state index contributed by atoms with van der Waals surface area (Å²) >= 11 is 0. The average Bonchev–Trinajstić information content (AvgIpc) is 2.92. The lowest BCUT2D eigenvalue weighted by molar-refractivity contribution is -0.154. The number of hydrogen-bond donors (Lipinski definition) is 0. The van der Waals surface area contributed by atoms with Crippen molar-refractivity contribution < 1.29 is 19.1 Å². The van der Waals surface area contributed by atoms with Gasteiger partial charge in [-0.15, -0.1) is 0 Å². The van der Waals surface area contributed by atoms with Gasteiger partial charge in [0.15, 0.2) is 11.4 Å². The Bertz CT molecular complexity index is 831. The van der Waals surface area contributed by atoms with Crippen LogP contribution in [0.2, 0.25) is 0 Å². The smallest absolute Gasteiger partial charge is 0.322 e. The molecule has 1 saturated carbocycles. The number of esters is 1. The van der Waals surface area contributed by atoms with Gasteiger partial charge in [-0.2, -0.15) is 0 Å². The van der Waals surface area contributed by atoms with Crippen molar-refractivity contribution in [1.29, 1.82) is 0 Å². The first kappa shape index (κ1) is 16.8. The van der Waals surface area contributed by atoms with Gasteiger partial charge >= 0.3 is 5.97 Å². The zero-order chi connectivity index (χ0) is 18.1. The van der Waals surface area contributed by atoms with E-state index < -0.39 is 17.5 Å². The Kier molecular flexibility index (Phi) is 4.27. The number of carbonyl (C=O) groups excluding carboxylic acids is 2. The molecule has 134 valence electrons. The highest BCUT2D eigenvalue weighted by Gasteiger charge is 2.55. The van der Waals surface area contributed by atoms with Gasteiger partial charge in [-0.3, -0.25) is 9.59 Å². The Morgan fingerprint density at radius 2 is 1.69 bits per heavy atom. The van der Waals surface area contributed by atoms with Crippen molar-refractivity contribution in [3.05, 3.63) is 54.1 Å². The molecule has 0 bridgehead atoms. The summed E-state index contributed by atoms with van der Waals surface area (Å²) in [6, 6.07) is 15.4. The van der Waals surface area contributed by atoms with Gasteiger partial charge in [0.1, 0.15) is 11.7 Å². The van der Waals surface area contributed by atoms with E-state index in [1.54, 1.807) is 7.11 Å². The monoisotopic (exact) mass is 350 g/mol. The van der Waals surface area contributed by atoms with E-state index in [-0.39, 0.29) is 5.78 Å². The summed E-state index contributed by atoms with van der Waals surface area (Å²) in [7, 11) is 1.64. The summed E-state index contributed by atoms with van der Waals surface area (Å²) < 4.78 is 10.9. The maximum Gasteiger partial charge on any atom is 0.322 e. The summed E-state index contributed by atoms with van der Waals surface area (Å²) in [5.41, 5.74) is 1.89. The van der Waals surface area contributed by atoms with Crippen LogP contribution in [0.25, 0.3) is 11.1 Å². The van der Waals surface area contributed by atoms with Crippen LogP contribution in [0.5, 0.6) is 5.75 Å². The molecule has 2 aliphatic rings. The number of ketones is 1. The van der Waals surface area contributed by atoms with Crippen molar-refractivity contribution >= 4 is 11.8 Å². The van der Waals surface area contributed by atoms with Crippen LogP contribution in [0.3, 0.4) is 0 Å². The summed E-state index contributed by atoms with van der Waals surface area (Å²) in [6.45, 7) is 0. The van der Waals surface area contributed by atoms with Crippen LogP contribution < -0.4 is 4.74 Å². The highest BCUT2D eigenvalue weighted by atomic mass is 16.6. The maximum absolute atomic E-state index is 13.0. The molecule has 0 radical (unpaired) electrons. The van der Waals surface area contributed by atoms with Crippen LogP contribution in [0.1, 0.15) is 43.6 Å². The molecule has 2 fully saturated rings. The number of methoxy groups -OCH3 is 1.